The maximum Gasteiger partial charge on any atom is 0.312 e. The summed E-state index contributed by atoms with van der Waals surface area (Å²) in [5, 5.41) is 11.0. The van der Waals surface area contributed by atoms with Crippen molar-refractivity contribution in [2.75, 3.05) is 47.3 Å². The summed E-state index contributed by atoms with van der Waals surface area (Å²) in [4.78, 5) is 30.9. The zero-order valence-electron chi connectivity index (χ0n) is 30.6. The maximum absolute atomic E-state index is 13.4. The summed E-state index contributed by atoms with van der Waals surface area (Å²) in [7, 11) is 5.22. The third-order valence-electron chi connectivity index (χ3n) is 10.9. The molecule has 0 radical (unpaired) electrons. The van der Waals surface area contributed by atoms with Gasteiger partial charge in [-0.3, -0.25) is 19.4 Å². The highest BCUT2D eigenvalue weighted by molar-refractivity contribution is 6.18. The first kappa shape index (κ1) is 36.8. The fourth-order valence-electron chi connectivity index (χ4n) is 8.74. The largest absolute Gasteiger partial charge is 0.493 e. The van der Waals surface area contributed by atoms with Gasteiger partial charge in [0.1, 0.15) is 18.4 Å². The van der Waals surface area contributed by atoms with Gasteiger partial charge in [0, 0.05) is 53.7 Å². The van der Waals surface area contributed by atoms with Gasteiger partial charge in [0.15, 0.2) is 29.8 Å². The van der Waals surface area contributed by atoms with Crippen LogP contribution < -0.4 is 23.7 Å². The van der Waals surface area contributed by atoms with Crippen LogP contribution in [0.4, 0.5) is 0 Å². The van der Waals surface area contributed by atoms with Crippen LogP contribution in [0.5, 0.6) is 28.7 Å². The molecule has 2 bridgehead atoms. The van der Waals surface area contributed by atoms with Crippen LogP contribution in [-0.4, -0.2) is 87.2 Å². The molecule has 3 aromatic rings. The van der Waals surface area contributed by atoms with E-state index in [1.54, 1.807) is 14.2 Å². The third kappa shape index (κ3) is 6.54. The summed E-state index contributed by atoms with van der Waals surface area (Å²) in [6.07, 6.45) is 1.66. The molecule has 1 unspecified atom stereocenters. The van der Waals surface area contributed by atoms with Gasteiger partial charge in [-0.1, -0.05) is 36.4 Å². The number of hydrogen-bond acceptors (Lipinski definition) is 12. The SMILES string of the molecule is COCOc1c(OC)c(C)cc2c1[C@@H]1C3Cc4c(OC(=O)CCCl)c(C)c5c(c4[C@H](COC(=O)CCc4ccccc4)N3[C@@H](C#N)[C@H](C2)N1C)OCO5. The first-order chi connectivity index (χ1) is 25.7. The van der Waals surface area contributed by atoms with Crippen LogP contribution in [0, 0.1) is 25.2 Å². The van der Waals surface area contributed by atoms with Crippen LogP contribution in [0.25, 0.3) is 0 Å². The number of carbonyl (C=O) groups is 2. The molecule has 280 valence electrons. The number of fused-ring (bicyclic) bond motifs is 9. The molecule has 0 saturated carbocycles. The molecule has 3 aromatic carbocycles. The Labute approximate surface area is 314 Å². The fourth-order valence-corrected chi connectivity index (χ4v) is 8.90. The first-order valence-electron chi connectivity index (χ1n) is 17.8. The smallest absolute Gasteiger partial charge is 0.312 e. The summed E-state index contributed by atoms with van der Waals surface area (Å²) in [6, 6.07) is 12.4. The Kier molecular flexibility index (Phi) is 10.7. The van der Waals surface area contributed by atoms with E-state index in [9.17, 15) is 14.9 Å². The van der Waals surface area contributed by atoms with Gasteiger partial charge >= 0.3 is 11.9 Å². The number of aryl methyl sites for hydroxylation is 2. The maximum atomic E-state index is 13.4. The van der Waals surface area contributed by atoms with Gasteiger partial charge in [-0.2, -0.15) is 5.26 Å². The highest BCUT2D eigenvalue weighted by Crippen LogP contribution is 2.58. The van der Waals surface area contributed by atoms with Gasteiger partial charge in [-0.15, -0.1) is 11.6 Å². The Balaban J connectivity index is 1.38. The summed E-state index contributed by atoms with van der Waals surface area (Å²) in [6.45, 7) is 3.73. The molecule has 0 aliphatic carbocycles. The molecule has 12 nitrogen and oxygen atoms in total. The van der Waals surface area contributed by atoms with E-state index in [2.05, 4.69) is 21.9 Å². The van der Waals surface area contributed by atoms with Crippen LogP contribution in [0.2, 0.25) is 0 Å². The van der Waals surface area contributed by atoms with Crippen LogP contribution in [0.15, 0.2) is 36.4 Å². The van der Waals surface area contributed by atoms with Crippen LogP contribution in [0.1, 0.15) is 63.9 Å². The van der Waals surface area contributed by atoms with Crippen molar-refractivity contribution in [3.05, 3.63) is 75.3 Å². The molecule has 1 fully saturated rings. The van der Waals surface area contributed by atoms with E-state index >= 15 is 0 Å². The Morgan fingerprint density at radius 1 is 0.981 bits per heavy atom. The van der Waals surface area contributed by atoms with Gasteiger partial charge in [0.05, 0.1) is 31.7 Å². The Bertz CT molecular complexity index is 1930. The van der Waals surface area contributed by atoms with E-state index < -0.39 is 18.1 Å². The second-order valence-corrected chi connectivity index (χ2v) is 14.2. The number of nitriles is 1. The fraction of sp³-hybridized carbons (Fsp3) is 0.475. The second kappa shape index (κ2) is 15.4. The number of benzene rings is 3. The number of methoxy groups -OCH3 is 2. The van der Waals surface area contributed by atoms with Gasteiger partial charge in [0.25, 0.3) is 0 Å². The lowest BCUT2D eigenvalue weighted by Gasteiger charge is -2.59. The van der Waals surface area contributed by atoms with Crippen molar-refractivity contribution >= 4 is 23.5 Å². The average molecular weight is 746 g/mol. The lowest BCUT2D eigenvalue weighted by atomic mass is 9.71. The monoisotopic (exact) mass is 745 g/mol. The highest BCUT2D eigenvalue weighted by atomic mass is 35.5. The standard InChI is InChI=1S/C40H44ClN3O9/c1-22-15-25-16-27-29(18-42)44-28(35(43(27)3)33(25)39(36(22)48-5)50-20-47-4)17-26-34(30(44)19-49-31(45)12-11-24-9-7-6-8-10-24)40-38(51-21-52-40)23(2)37(26)53-32(46)13-14-41/h6-10,15,27-30,35H,11-14,16-17,19-21H2,1-5H3/t27-,28?,29-,30-,35-/m0/s1. The molecular weight excluding hydrogens is 702 g/mol. The second-order valence-electron chi connectivity index (χ2n) is 13.9. The zero-order valence-corrected chi connectivity index (χ0v) is 31.4. The van der Waals surface area contributed by atoms with Crippen LogP contribution in [0.3, 0.4) is 0 Å². The number of likely N-dealkylation sites (N-methyl/N-ethyl adjacent to an activating group) is 1. The van der Waals surface area contributed by atoms with Crippen molar-refractivity contribution in [1.29, 1.82) is 5.26 Å². The number of rotatable bonds is 12. The molecule has 4 aliphatic heterocycles. The minimum absolute atomic E-state index is 0.00898. The quantitative estimate of drug-likeness (QED) is 0.100. The Morgan fingerprint density at radius 3 is 2.47 bits per heavy atom. The molecule has 0 N–H and O–H groups in total. The third-order valence-corrected chi connectivity index (χ3v) is 11.1. The number of esters is 2. The zero-order chi connectivity index (χ0) is 37.4. The molecule has 4 aliphatic rings. The van der Waals surface area contributed by atoms with Crippen molar-refractivity contribution in [2.45, 2.75) is 76.2 Å². The number of hydrogen-bond donors (Lipinski definition) is 0. The van der Waals surface area contributed by atoms with Gasteiger partial charge in [-0.05, 0) is 56.8 Å². The molecule has 0 aromatic heterocycles. The van der Waals surface area contributed by atoms with Crippen molar-refractivity contribution in [2.24, 2.45) is 0 Å². The van der Waals surface area contributed by atoms with Gasteiger partial charge < -0.3 is 33.2 Å². The lowest BCUT2D eigenvalue weighted by molar-refractivity contribution is -0.149. The molecule has 1 saturated heterocycles. The van der Waals surface area contributed by atoms with E-state index in [0.29, 0.717) is 59.1 Å². The first-order valence-corrected chi connectivity index (χ1v) is 18.4. The molecule has 4 heterocycles. The molecular formula is C40H44ClN3O9. The molecule has 0 amide bonds. The molecule has 7 rings (SSSR count). The predicted molar refractivity (Wildman–Crippen MR) is 194 cm³/mol. The normalized spacial score (nSPS) is 22.5. The Morgan fingerprint density at radius 2 is 1.75 bits per heavy atom. The van der Waals surface area contributed by atoms with Crippen molar-refractivity contribution < 1.29 is 42.7 Å². The summed E-state index contributed by atoms with van der Waals surface area (Å²) in [5.41, 5.74) is 5.98. The van der Waals surface area contributed by atoms with Crippen LogP contribution >= 0.6 is 11.6 Å². The molecule has 5 atom stereocenters. The highest BCUT2D eigenvalue weighted by Gasteiger charge is 2.57. The number of alkyl halides is 1. The van der Waals surface area contributed by atoms with E-state index in [4.69, 9.17) is 44.8 Å². The van der Waals surface area contributed by atoms with Crippen molar-refractivity contribution in [3.8, 4) is 34.8 Å². The minimum Gasteiger partial charge on any atom is -0.493 e. The van der Waals surface area contributed by atoms with Crippen molar-refractivity contribution in [3.63, 3.8) is 0 Å². The van der Waals surface area contributed by atoms with E-state index in [1.165, 1.54) is 0 Å². The van der Waals surface area contributed by atoms with Gasteiger partial charge in [-0.25, -0.2) is 0 Å². The minimum atomic E-state index is -0.647. The number of nitrogens with zero attached hydrogens (tertiary/aromatic N) is 3. The molecule has 13 heteroatoms. The Hall–Kier alpha value is -4.54. The van der Waals surface area contributed by atoms with Crippen molar-refractivity contribution in [1.82, 2.24) is 9.80 Å². The summed E-state index contributed by atoms with van der Waals surface area (Å²) in [5.74, 6) is 1.77. The van der Waals surface area contributed by atoms with E-state index in [0.717, 1.165) is 27.8 Å². The van der Waals surface area contributed by atoms with Crippen LogP contribution in [-0.2, 0) is 38.3 Å². The van der Waals surface area contributed by atoms with E-state index in [1.807, 2.05) is 51.2 Å². The predicted octanol–water partition coefficient (Wildman–Crippen LogP) is 5.51. The average Bonchev–Trinajstić information content (AvgIpc) is 3.65. The topological polar surface area (TPSA) is 129 Å². The summed E-state index contributed by atoms with van der Waals surface area (Å²) < 4.78 is 41.9. The van der Waals surface area contributed by atoms with E-state index in [-0.39, 0.29) is 63.0 Å². The van der Waals surface area contributed by atoms with Gasteiger partial charge in [0.2, 0.25) is 6.79 Å². The number of piperazine rings is 1. The number of halogens is 1. The molecule has 0 spiro atoms. The number of ether oxygens (including phenoxy) is 7. The number of carbonyl (C=O) groups excluding carboxylic acids is 2. The summed E-state index contributed by atoms with van der Waals surface area (Å²) >= 11 is 5.96. The molecule has 53 heavy (non-hydrogen) atoms. The lowest BCUT2D eigenvalue weighted by Crippen LogP contribution is -2.68.